The van der Waals surface area contributed by atoms with Gasteiger partial charge in [-0.15, -0.1) is 0 Å². The highest BCUT2D eigenvalue weighted by atomic mass is 32.2. The minimum absolute atomic E-state index is 0.248. The number of anilines is 2. The Bertz CT molecular complexity index is 878. The summed E-state index contributed by atoms with van der Waals surface area (Å²) >= 11 is 0. The van der Waals surface area contributed by atoms with Gasteiger partial charge in [-0.25, -0.2) is 13.4 Å². The molecule has 0 N–H and O–H groups in total. The minimum atomic E-state index is -3.68. The zero-order chi connectivity index (χ0) is 18.0. The van der Waals surface area contributed by atoms with Crippen molar-refractivity contribution in [1.29, 1.82) is 0 Å². The van der Waals surface area contributed by atoms with Gasteiger partial charge in [0.05, 0.1) is 4.92 Å². The zero-order valence-corrected chi connectivity index (χ0v) is 14.5. The van der Waals surface area contributed by atoms with Gasteiger partial charge in [0.2, 0.25) is 0 Å². The molecule has 0 aliphatic carbocycles. The second kappa shape index (κ2) is 6.67. The van der Waals surface area contributed by atoms with Crippen molar-refractivity contribution >= 4 is 27.0 Å². The van der Waals surface area contributed by atoms with Gasteiger partial charge in [-0.1, -0.05) is 12.1 Å². The number of hydrogen-bond acceptors (Lipinski definition) is 7. The molecule has 1 fully saturated rings. The molecule has 25 heavy (non-hydrogen) atoms. The Hall–Kier alpha value is -2.68. The van der Waals surface area contributed by atoms with E-state index in [-0.39, 0.29) is 10.6 Å². The number of para-hydroxylation sites is 1. The standard InChI is InChI=1S/C16H18N4O4S/c1-25(23,24)14-6-4-5-13(16(14)20(21)22)18-9-11-19(12-10-18)15-7-2-3-8-17-15/h2-8H,9-12H2,1H3. The van der Waals surface area contributed by atoms with Crippen LogP contribution in [0.25, 0.3) is 0 Å². The fourth-order valence-electron chi connectivity index (χ4n) is 2.97. The summed E-state index contributed by atoms with van der Waals surface area (Å²) in [4.78, 5) is 18.9. The van der Waals surface area contributed by atoms with Crippen molar-refractivity contribution in [1.82, 2.24) is 4.98 Å². The van der Waals surface area contributed by atoms with E-state index in [1.54, 1.807) is 18.3 Å². The Kier molecular flexibility index (Phi) is 4.58. The number of sulfone groups is 1. The second-order valence-corrected chi connectivity index (χ2v) is 7.80. The van der Waals surface area contributed by atoms with Crippen LogP contribution in [-0.2, 0) is 9.84 Å². The van der Waals surface area contributed by atoms with E-state index in [4.69, 9.17) is 0 Å². The van der Waals surface area contributed by atoms with Crippen molar-refractivity contribution in [3.05, 3.63) is 52.7 Å². The lowest BCUT2D eigenvalue weighted by Gasteiger charge is -2.36. The molecule has 0 unspecified atom stereocenters. The Labute approximate surface area is 145 Å². The van der Waals surface area contributed by atoms with Gasteiger partial charge in [-0.05, 0) is 24.3 Å². The molecular weight excluding hydrogens is 344 g/mol. The van der Waals surface area contributed by atoms with Gasteiger partial charge in [0, 0.05) is 38.6 Å². The zero-order valence-electron chi connectivity index (χ0n) is 13.7. The largest absolute Gasteiger partial charge is 0.362 e. The summed E-state index contributed by atoms with van der Waals surface area (Å²) < 4.78 is 23.8. The number of aromatic nitrogens is 1. The maximum Gasteiger partial charge on any atom is 0.311 e. The number of benzene rings is 1. The van der Waals surface area contributed by atoms with Crippen LogP contribution in [0.1, 0.15) is 0 Å². The van der Waals surface area contributed by atoms with Crippen LogP contribution in [0, 0.1) is 10.1 Å². The molecule has 0 spiro atoms. The molecule has 9 heteroatoms. The fraction of sp³-hybridized carbons (Fsp3) is 0.312. The van der Waals surface area contributed by atoms with Crippen molar-refractivity contribution in [3.8, 4) is 0 Å². The summed E-state index contributed by atoms with van der Waals surface area (Å²) in [6.45, 7) is 2.39. The second-order valence-electron chi connectivity index (χ2n) is 5.82. The van der Waals surface area contributed by atoms with Gasteiger partial charge >= 0.3 is 5.69 Å². The molecule has 0 radical (unpaired) electrons. The molecule has 0 amide bonds. The molecule has 2 aromatic rings. The SMILES string of the molecule is CS(=O)(=O)c1cccc(N2CCN(c3ccccn3)CC2)c1[N+](=O)[O-]. The van der Waals surface area contributed by atoms with Crippen LogP contribution in [0.2, 0.25) is 0 Å². The number of nitro benzene ring substituents is 1. The topological polar surface area (TPSA) is 96.7 Å². The molecule has 1 saturated heterocycles. The van der Waals surface area contributed by atoms with E-state index in [2.05, 4.69) is 9.88 Å². The van der Waals surface area contributed by atoms with Crippen molar-refractivity contribution in [2.45, 2.75) is 4.90 Å². The Balaban J connectivity index is 1.88. The number of hydrogen-bond donors (Lipinski definition) is 0. The lowest BCUT2D eigenvalue weighted by atomic mass is 10.2. The predicted octanol–water partition coefficient (Wildman–Crippen LogP) is 1.72. The first-order valence-corrected chi connectivity index (χ1v) is 9.65. The molecule has 0 saturated carbocycles. The van der Waals surface area contributed by atoms with Crippen LogP contribution < -0.4 is 9.80 Å². The van der Waals surface area contributed by atoms with Crippen molar-refractivity contribution < 1.29 is 13.3 Å². The third-order valence-corrected chi connectivity index (χ3v) is 5.28. The maximum atomic E-state index is 11.9. The lowest BCUT2D eigenvalue weighted by Crippen LogP contribution is -2.47. The molecule has 132 valence electrons. The maximum absolute atomic E-state index is 11.9. The first-order chi connectivity index (χ1) is 11.9. The molecular formula is C16H18N4O4S. The highest BCUT2D eigenvalue weighted by Crippen LogP contribution is 2.35. The average molecular weight is 362 g/mol. The number of piperazine rings is 1. The van der Waals surface area contributed by atoms with E-state index in [0.717, 1.165) is 12.1 Å². The van der Waals surface area contributed by atoms with E-state index in [1.807, 2.05) is 23.1 Å². The van der Waals surface area contributed by atoms with Crippen molar-refractivity contribution in [3.63, 3.8) is 0 Å². The highest BCUT2D eigenvalue weighted by Gasteiger charge is 2.30. The molecule has 0 bridgehead atoms. The molecule has 1 aliphatic rings. The molecule has 1 aliphatic heterocycles. The molecule has 8 nitrogen and oxygen atoms in total. The molecule has 1 aromatic carbocycles. The molecule has 3 rings (SSSR count). The van der Waals surface area contributed by atoms with Crippen LogP contribution in [-0.4, -0.2) is 50.8 Å². The fourth-order valence-corrected chi connectivity index (χ4v) is 3.82. The number of pyridine rings is 1. The lowest BCUT2D eigenvalue weighted by molar-refractivity contribution is -0.387. The number of rotatable bonds is 4. The quantitative estimate of drug-likeness (QED) is 0.603. The van der Waals surface area contributed by atoms with Gasteiger partial charge in [0.1, 0.15) is 16.4 Å². The van der Waals surface area contributed by atoms with Gasteiger partial charge in [0.15, 0.2) is 9.84 Å². The van der Waals surface area contributed by atoms with Crippen LogP contribution in [0.4, 0.5) is 17.2 Å². The van der Waals surface area contributed by atoms with Crippen molar-refractivity contribution in [2.24, 2.45) is 0 Å². The molecule has 0 atom stereocenters. The smallest absolute Gasteiger partial charge is 0.311 e. The highest BCUT2D eigenvalue weighted by molar-refractivity contribution is 7.90. The van der Waals surface area contributed by atoms with Gasteiger partial charge in [0.25, 0.3) is 0 Å². The summed E-state index contributed by atoms with van der Waals surface area (Å²) in [5.74, 6) is 0.863. The summed E-state index contributed by atoms with van der Waals surface area (Å²) in [5, 5.41) is 11.5. The van der Waals surface area contributed by atoms with Gasteiger partial charge in [-0.2, -0.15) is 0 Å². The summed E-state index contributed by atoms with van der Waals surface area (Å²) in [6.07, 6.45) is 2.71. The molecule has 2 heterocycles. The summed E-state index contributed by atoms with van der Waals surface area (Å²) in [7, 11) is -3.68. The third-order valence-electron chi connectivity index (χ3n) is 4.15. The average Bonchev–Trinajstić information content (AvgIpc) is 2.61. The molecule has 1 aromatic heterocycles. The third kappa shape index (κ3) is 3.55. The first-order valence-electron chi connectivity index (χ1n) is 7.76. The van der Waals surface area contributed by atoms with Gasteiger partial charge < -0.3 is 9.80 Å². The minimum Gasteiger partial charge on any atom is -0.362 e. The number of nitro groups is 1. The Morgan fingerprint density at radius 3 is 2.28 bits per heavy atom. The van der Waals surface area contributed by atoms with Gasteiger partial charge in [-0.3, -0.25) is 10.1 Å². The predicted molar refractivity (Wildman–Crippen MR) is 94.9 cm³/mol. The summed E-state index contributed by atoms with van der Waals surface area (Å²) in [5.41, 5.74) is -0.00937. The van der Waals surface area contributed by atoms with Crippen LogP contribution >= 0.6 is 0 Å². The van der Waals surface area contributed by atoms with E-state index in [9.17, 15) is 18.5 Å². The summed E-state index contributed by atoms with van der Waals surface area (Å²) in [6, 6.07) is 10.1. The van der Waals surface area contributed by atoms with Crippen LogP contribution in [0.3, 0.4) is 0 Å². The number of nitrogens with zero attached hydrogens (tertiary/aromatic N) is 4. The normalized spacial score (nSPS) is 15.2. The van der Waals surface area contributed by atoms with E-state index in [0.29, 0.717) is 31.9 Å². The van der Waals surface area contributed by atoms with Crippen LogP contribution in [0.15, 0.2) is 47.5 Å². The van der Waals surface area contributed by atoms with Crippen LogP contribution in [0.5, 0.6) is 0 Å². The Morgan fingerprint density at radius 2 is 1.72 bits per heavy atom. The van der Waals surface area contributed by atoms with E-state index in [1.165, 1.54) is 6.07 Å². The Morgan fingerprint density at radius 1 is 1.04 bits per heavy atom. The van der Waals surface area contributed by atoms with Crippen molar-refractivity contribution in [2.75, 3.05) is 42.2 Å². The van der Waals surface area contributed by atoms with E-state index >= 15 is 0 Å². The first kappa shape index (κ1) is 17.2. The monoisotopic (exact) mass is 362 g/mol. The van der Waals surface area contributed by atoms with E-state index < -0.39 is 14.8 Å².